The quantitative estimate of drug-likeness (QED) is 0.568. The molecule has 0 aliphatic carbocycles. The molecule has 0 heterocycles. The lowest BCUT2D eigenvalue weighted by Crippen LogP contribution is -1.83. The van der Waals surface area contributed by atoms with Crippen molar-refractivity contribution in [1.29, 1.82) is 5.26 Å². The van der Waals surface area contributed by atoms with Crippen LogP contribution in [0.5, 0.6) is 0 Å². The Balaban J connectivity index is 2.78. The van der Waals surface area contributed by atoms with Gasteiger partial charge in [0.1, 0.15) is 0 Å². The van der Waals surface area contributed by atoms with Gasteiger partial charge in [-0.05, 0) is 12.8 Å². The van der Waals surface area contributed by atoms with Gasteiger partial charge in [0, 0.05) is 13.0 Å². The number of unbranched alkanes of at least 4 members (excludes halogenated alkanes) is 7. The Morgan fingerprint density at radius 3 is 1.83 bits per heavy atom. The van der Waals surface area contributed by atoms with Crippen LogP contribution in [0.4, 0.5) is 0 Å². The SMILES string of the molecule is N#CCCCCCCCCCO. The molecule has 0 fully saturated rings. The summed E-state index contributed by atoms with van der Waals surface area (Å²) in [5.41, 5.74) is 0. The highest BCUT2D eigenvalue weighted by Crippen LogP contribution is 2.07. The number of rotatable bonds is 8. The molecule has 0 amide bonds. The summed E-state index contributed by atoms with van der Waals surface area (Å²) in [7, 11) is 0. The minimum atomic E-state index is 0.328. The molecule has 0 spiro atoms. The molecule has 0 bridgehead atoms. The van der Waals surface area contributed by atoms with E-state index in [1.54, 1.807) is 0 Å². The summed E-state index contributed by atoms with van der Waals surface area (Å²) in [5, 5.41) is 16.8. The van der Waals surface area contributed by atoms with E-state index in [0.717, 1.165) is 19.3 Å². The minimum absolute atomic E-state index is 0.328. The third-order valence-corrected chi connectivity index (χ3v) is 1.95. The smallest absolute Gasteiger partial charge is 0.0621 e. The molecule has 0 aromatic carbocycles. The van der Waals surface area contributed by atoms with E-state index in [2.05, 4.69) is 6.07 Å². The van der Waals surface area contributed by atoms with Crippen LogP contribution in [-0.4, -0.2) is 11.7 Å². The maximum Gasteiger partial charge on any atom is 0.0621 e. The molecule has 0 aliphatic heterocycles. The van der Waals surface area contributed by atoms with Gasteiger partial charge in [-0.2, -0.15) is 5.26 Å². The zero-order chi connectivity index (χ0) is 9.07. The fourth-order valence-corrected chi connectivity index (χ4v) is 1.20. The van der Waals surface area contributed by atoms with Gasteiger partial charge in [-0.3, -0.25) is 0 Å². The predicted molar refractivity (Wildman–Crippen MR) is 49.6 cm³/mol. The molecular formula is C10H19NO. The van der Waals surface area contributed by atoms with Crippen LogP contribution in [0.15, 0.2) is 0 Å². The van der Waals surface area contributed by atoms with Crippen molar-refractivity contribution in [3.05, 3.63) is 0 Å². The van der Waals surface area contributed by atoms with Gasteiger partial charge in [-0.15, -0.1) is 0 Å². The maximum absolute atomic E-state index is 8.50. The highest BCUT2D eigenvalue weighted by molar-refractivity contribution is 4.67. The molecule has 70 valence electrons. The number of nitrogens with zero attached hydrogens (tertiary/aromatic N) is 1. The second-order valence-corrected chi connectivity index (χ2v) is 3.11. The van der Waals surface area contributed by atoms with Crippen molar-refractivity contribution in [3.8, 4) is 6.07 Å². The van der Waals surface area contributed by atoms with Crippen LogP contribution in [0.3, 0.4) is 0 Å². The highest BCUT2D eigenvalue weighted by Gasteiger charge is 1.90. The maximum atomic E-state index is 8.50. The van der Waals surface area contributed by atoms with Crippen molar-refractivity contribution < 1.29 is 5.11 Å². The molecule has 12 heavy (non-hydrogen) atoms. The van der Waals surface area contributed by atoms with Crippen LogP contribution in [0.2, 0.25) is 0 Å². The fraction of sp³-hybridized carbons (Fsp3) is 0.900. The van der Waals surface area contributed by atoms with E-state index >= 15 is 0 Å². The first-order valence-electron chi connectivity index (χ1n) is 4.89. The largest absolute Gasteiger partial charge is 0.396 e. The minimum Gasteiger partial charge on any atom is -0.396 e. The van der Waals surface area contributed by atoms with Gasteiger partial charge in [0.25, 0.3) is 0 Å². The number of nitriles is 1. The second kappa shape index (κ2) is 10.4. The first-order valence-corrected chi connectivity index (χ1v) is 4.89. The highest BCUT2D eigenvalue weighted by atomic mass is 16.2. The van der Waals surface area contributed by atoms with Gasteiger partial charge >= 0.3 is 0 Å². The number of aliphatic hydroxyl groups is 1. The summed E-state index contributed by atoms with van der Waals surface area (Å²) in [5.74, 6) is 0. The van der Waals surface area contributed by atoms with Crippen LogP contribution in [0.25, 0.3) is 0 Å². The van der Waals surface area contributed by atoms with E-state index in [0.29, 0.717) is 13.0 Å². The molecule has 0 radical (unpaired) electrons. The number of hydrogen-bond donors (Lipinski definition) is 1. The van der Waals surface area contributed by atoms with E-state index in [1.165, 1.54) is 25.7 Å². The van der Waals surface area contributed by atoms with Gasteiger partial charge in [0.2, 0.25) is 0 Å². The molecule has 0 aromatic rings. The molecule has 2 heteroatoms. The van der Waals surface area contributed by atoms with Crippen molar-refractivity contribution in [2.24, 2.45) is 0 Å². The third-order valence-electron chi connectivity index (χ3n) is 1.95. The fourth-order valence-electron chi connectivity index (χ4n) is 1.20. The van der Waals surface area contributed by atoms with E-state index < -0.39 is 0 Å². The molecule has 0 rings (SSSR count). The molecule has 0 aromatic heterocycles. The number of aliphatic hydroxyl groups excluding tert-OH is 1. The summed E-state index contributed by atoms with van der Waals surface area (Å²) in [6.45, 7) is 0.328. The Kier molecular flexibility index (Phi) is 9.97. The molecule has 0 saturated carbocycles. The van der Waals surface area contributed by atoms with E-state index in [4.69, 9.17) is 10.4 Å². The Hall–Kier alpha value is -0.550. The zero-order valence-electron chi connectivity index (χ0n) is 7.76. The Morgan fingerprint density at radius 1 is 0.833 bits per heavy atom. The first-order chi connectivity index (χ1) is 5.91. The molecular weight excluding hydrogens is 150 g/mol. The lowest BCUT2D eigenvalue weighted by molar-refractivity contribution is 0.282. The molecule has 1 N–H and O–H groups in total. The monoisotopic (exact) mass is 169 g/mol. The molecule has 2 nitrogen and oxygen atoms in total. The Morgan fingerprint density at radius 2 is 1.33 bits per heavy atom. The number of hydrogen-bond acceptors (Lipinski definition) is 2. The third kappa shape index (κ3) is 9.45. The van der Waals surface area contributed by atoms with Crippen LogP contribution in [-0.2, 0) is 0 Å². The summed E-state index contributed by atoms with van der Waals surface area (Å²) < 4.78 is 0. The lowest BCUT2D eigenvalue weighted by Gasteiger charge is -1.98. The predicted octanol–water partition coefficient (Wildman–Crippen LogP) is 2.62. The van der Waals surface area contributed by atoms with Crippen molar-refractivity contribution >= 4 is 0 Å². The zero-order valence-corrected chi connectivity index (χ0v) is 7.76. The topological polar surface area (TPSA) is 44.0 Å². The van der Waals surface area contributed by atoms with Crippen LogP contribution in [0.1, 0.15) is 51.4 Å². The van der Waals surface area contributed by atoms with E-state index in [9.17, 15) is 0 Å². The van der Waals surface area contributed by atoms with Crippen LogP contribution in [0, 0.1) is 11.3 Å². The van der Waals surface area contributed by atoms with Gasteiger partial charge in [-0.25, -0.2) is 0 Å². The average molecular weight is 169 g/mol. The lowest BCUT2D eigenvalue weighted by atomic mass is 10.1. The molecule has 0 unspecified atom stereocenters. The standard InChI is InChI=1S/C10H19NO/c11-9-7-5-3-1-2-4-6-8-10-12/h12H,1-8,10H2. The first kappa shape index (κ1) is 11.4. The van der Waals surface area contributed by atoms with Gasteiger partial charge in [0.05, 0.1) is 6.07 Å². The van der Waals surface area contributed by atoms with Crippen molar-refractivity contribution in [1.82, 2.24) is 0 Å². The Labute approximate surface area is 75.2 Å². The molecule has 0 atom stereocenters. The van der Waals surface area contributed by atoms with Gasteiger partial charge in [0.15, 0.2) is 0 Å². The Bertz CT molecular complexity index is 117. The summed E-state index contributed by atoms with van der Waals surface area (Å²) in [6.07, 6.45) is 8.76. The van der Waals surface area contributed by atoms with Gasteiger partial charge in [-0.1, -0.05) is 32.1 Å². The van der Waals surface area contributed by atoms with Crippen molar-refractivity contribution in [2.75, 3.05) is 6.61 Å². The van der Waals surface area contributed by atoms with E-state index in [-0.39, 0.29) is 0 Å². The van der Waals surface area contributed by atoms with E-state index in [1.807, 2.05) is 0 Å². The normalized spacial score (nSPS) is 9.67. The van der Waals surface area contributed by atoms with Crippen molar-refractivity contribution in [2.45, 2.75) is 51.4 Å². The average Bonchev–Trinajstić information content (AvgIpc) is 2.10. The second-order valence-electron chi connectivity index (χ2n) is 3.11. The summed E-state index contributed by atoms with van der Waals surface area (Å²) in [6, 6.07) is 2.15. The van der Waals surface area contributed by atoms with Crippen molar-refractivity contribution in [3.63, 3.8) is 0 Å². The summed E-state index contributed by atoms with van der Waals surface area (Å²) in [4.78, 5) is 0. The molecule has 0 saturated heterocycles. The van der Waals surface area contributed by atoms with Crippen LogP contribution >= 0.6 is 0 Å². The van der Waals surface area contributed by atoms with Crippen LogP contribution < -0.4 is 0 Å². The summed E-state index contributed by atoms with van der Waals surface area (Å²) >= 11 is 0. The van der Waals surface area contributed by atoms with Gasteiger partial charge < -0.3 is 5.11 Å². The molecule has 0 aliphatic rings.